The molecule has 2 fully saturated rings. The Morgan fingerprint density at radius 1 is 1.21 bits per heavy atom. The van der Waals surface area contributed by atoms with Crippen molar-refractivity contribution in [3.05, 3.63) is 53.9 Å². The first-order chi connectivity index (χ1) is 15.9. The molecule has 2 aliphatic heterocycles. The standard InChI is InChI=1S/C23H26F2N4O4/c1-16(30)4-5-19-15-29(23(31)33-19)18-11-20(24)22(21(25)12-18)27-7-8-28(32-10-9-27)14-17-3-2-6-26-13-17/h2-3,6,11-13,19H,4-5,7-10,14-15H2,1H3/t19-/m0/s1. The van der Waals surface area contributed by atoms with Gasteiger partial charge in [-0.15, -0.1) is 0 Å². The average molecular weight is 460 g/mol. The summed E-state index contributed by atoms with van der Waals surface area (Å²) in [6.45, 7) is 3.54. The molecule has 0 unspecified atom stereocenters. The maximum atomic E-state index is 15.0. The Morgan fingerprint density at radius 3 is 2.70 bits per heavy atom. The summed E-state index contributed by atoms with van der Waals surface area (Å²) < 4.78 is 35.3. The SMILES string of the molecule is CC(=O)CC[C@H]1CN(c2cc(F)c(N3CCON(Cc4cccnc4)CC3)c(F)c2)C(=O)O1. The Bertz CT molecular complexity index is 984. The van der Waals surface area contributed by atoms with Gasteiger partial charge in [0.2, 0.25) is 0 Å². The summed E-state index contributed by atoms with van der Waals surface area (Å²) in [5.74, 6) is -1.53. The minimum Gasteiger partial charge on any atom is -0.444 e. The van der Waals surface area contributed by atoms with E-state index >= 15 is 8.78 Å². The summed E-state index contributed by atoms with van der Waals surface area (Å²) in [7, 11) is 0. The number of Topliss-reactive ketones (excluding diaryl/α,β-unsaturated/α-hetero) is 1. The van der Waals surface area contributed by atoms with E-state index in [1.807, 2.05) is 12.1 Å². The molecule has 2 aromatic rings. The number of ketones is 1. The average Bonchev–Trinajstić information content (AvgIpc) is 3.01. The molecule has 0 bridgehead atoms. The molecular weight excluding hydrogens is 434 g/mol. The summed E-state index contributed by atoms with van der Waals surface area (Å²) in [5.41, 5.74) is 0.923. The maximum absolute atomic E-state index is 15.0. The maximum Gasteiger partial charge on any atom is 0.414 e. The van der Waals surface area contributed by atoms with Crippen LogP contribution in [0.15, 0.2) is 36.7 Å². The van der Waals surface area contributed by atoms with Crippen molar-refractivity contribution in [2.45, 2.75) is 32.4 Å². The third kappa shape index (κ3) is 5.63. The van der Waals surface area contributed by atoms with Gasteiger partial charge < -0.3 is 14.4 Å². The zero-order chi connectivity index (χ0) is 23.4. The number of aromatic nitrogens is 1. The van der Waals surface area contributed by atoms with Gasteiger partial charge in [0.05, 0.1) is 25.4 Å². The van der Waals surface area contributed by atoms with E-state index in [0.29, 0.717) is 32.6 Å². The predicted octanol–water partition coefficient (Wildman–Crippen LogP) is 3.31. The number of hydrogen-bond donors (Lipinski definition) is 0. The second kappa shape index (κ2) is 10.2. The second-order valence-corrected chi connectivity index (χ2v) is 8.16. The van der Waals surface area contributed by atoms with E-state index in [-0.39, 0.29) is 36.7 Å². The number of carbonyl (C=O) groups excluding carboxylic acids is 2. The van der Waals surface area contributed by atoms with E-state index in [4.69, 9.17) is 9.57 Å². The Morgan fingerprint density at radius 2 is 2.00 bits per heavy atom. The Kier molecular flexibility index (Phi) is 7.14. The molecule has 1 aromatic carbocycles. The summed E-state index contributed by atoms with van der Waals surface area (Å²) in [6.07, 6.45) is 2.94. The van der Waals surface area contributed by atoms with Crippen molar-refractivity contribution in [3.8, 4) is 0 Å². The van der Waals surface area contributed by atoms with Crippen molar-refractivity contribution in [1.82, 2.24) is 10.0 Å². The molecule has 0 radical (unpaired) electrons. The summed E-state index contributed by atoms with van der Waals surface area (Å²) in [4.78, 5) is 36.0. The van der Waals surface area contributed by atoms with Crippen molar-refractivity contribution < 1.29 is 27.9 Å². The number of ether oxygens (including phenoxy) is 1. The van der Waals surface area contributed by atoms with Crippen molar-refractivity contribution in [2.75, 3.05) is 42.6 Å². The zero-order valence-electron chi connectivity index (χ0n) is 18.4. The molecule has 33 heavy (non-hydrogen) atoms. The van der Waals surface area contributed by atoms with Crippen LogP contribution in [0.5, 0.6) is 0 Å². The fraction of sp³-hybridized carbons (Fsp3) is 0.435. The molecule has 0 N–H and O–H groups in total. The Hall–Kier alpha value is -3.11. The number of carbonyl (C=O) groups is 2. The fourth-order valence-electron chi connectivity index (χ4n) is 3.99. The van der Waals surface area contributed by atoms with E-state index < -0.39 is 23.8 Å². The molecule has 4 rings (SSSR count). The van der Waals surface area contributed by atoms with Crippen LogP contribution in [0.1, 0.15) is 25.3 Å². The molecule has 2 saturated heterocycles. The van der Waals surface area contributed by atoms with Crippen LogP contribution in [0.4, 0.5) is 25.0 Å². The third-order valence-electron chi connectivity index (χ3n) is 5.66. The van der Waals surface area contributed by atoms with E-state index in [1.54, 1.807) is 22.4 Å². The Labute approximate surface area is 190 Å². The van der Waals surface area contributed by atoms with Crippen LogP contribution in [0.2, 0.25) is 0 Å². The molecule has 1 amide bonds. The molecule has 3 heterocycles. The fourth-order valence-corrected chi connectivity index (χ4v) is 3.99. The van der Waals surface area contributed by atoms with Crippen LogP contribution in [-0.4, -0.2) is 60.8 Å². The lowest BCUT2D eigenvalue weighted by molar-refractivity contribution is -0.154. The highest BCUT2D eigenvalue weighted by Gasteiger charge is 2.33. The number of halogens is 2. The van der Waals surface area contributed by atoms with Gasteiger partial charge in [-0.25, -0.2) is 13.6 Å². The van der Waals surface area contributed by atoms with E-state index in [2.05, 4.69) is 4.98 Å². The van der Waals surface area contributed by atoms with Crippen molar-refractivity contribution in [2.24, 2.45) is 0 Å². The van der Waals surface area contributed by atoms with E-state index in [0.717, 1.165) is 17.7 Å². The highest BCUT2D eigenvalue weighted by Crippen LogP contribution is 2.32. The van der Waals surface area contributed by atoms with Crippen LogP contribution in [-0.2, 0) is 20.9 Å². The number of anilines is 2. The lowest BCUT2D eigenvalue weighted by Crippen LogP contribution is -2.32. The minimum absolute atomic E-state index is 0.00799. The van der Waals surface area contributed by atoms with E-state index in [1.165, 1.54) is 11.8 Å². The monoisotopic (exact) mass is 460 g/mol. The Balaban J connectivity index is 1.43. The second-order valence-electron chi connectivity index (χ2n) is 8.16. The topological polar surface area (TPSA) is 75.2 Å². The number of rotatable bonds is 7. The number of hydroxylamine groups is 2. The third-order valence-corrected chi connectivity index (χ3v) is 5.66. The van der Waals surface area contributed by atoms with Gasteiger partial charge in [0.25, 0.3) is 0 Å². The summed E-state index contributed by atoms with van der Waals surface area (Å²) in [6, 6.07) is 6.07. The molecule has 10 heteroatoms. The van der Waals surface area contributed by atoms with Gasteiger partial charge in [0.1, 0.15) is 17.6 Å². The zero-order valence-corrected chi connectivity index (χ0v) is 18.4. The number of amides is 1. The highest BCUT2D eigenvalue weighted by molar-refractivity contribution is 5.90. The molecular formula is C23H26F2N4O4. The number of hydrogen-bond acceptors (Lipinski definition) is 7. The highest BCUT2D eigenvalue weighted by atomic mass is 19.1. The van der Waals surface area contributed by atoms with Crippen LogP contribution >= 0.6 is 0 Å². The molecule has 0 spiro atoms. The summed E-state index contributed by atoms with van der Waals surface area (Å²) in [5, 5.41) is 1.75. The first-order valence-corrected chi connectivity index (χ1v) is 10.9. The van der Waals surface area contributed by atoms with Crippen molar-refractivity contribution in [1.29, 1.82) is 0 Å². The largest absolute Gasteiger partial charge is 0.444 e. The predicted molar refractivity (Wildman–Crippen MR) is 117 cm³/mol. The van der Waals surface area contributed by atoms with Gasteiger partial charge in [-0.05, 0) is 25.0 Å². The molecule has 8 nitrogen and oxygen atoms in total. The molecule has 1 atom stereocenters. The number of pyridine rings is 1. The number of cyclic esters (lactones) is 1. The minimum atomic E-state index is -0.759. The van der Waals surface area contributed by atoms with Crippen molar-refractivity contribution >= 4 is 23.3 Å². The van der Waals surface area contributed by atoms with Gasteiger partial charge in [-0.3, -0.25) is 14.7 Å². The van der Waals surface area contributed by atoms with Crippen LogP contribution < -0.4 is 9.80 Å². The van der Waals surface area contributed by atoms with Crippen LogP contribution in [0.3, 0.4) is 0 Å². The van der Waals surface area contributed by atoms with Crippen LogP contribution in [0.25, 0.3) is 0 Å². The molecule has 0 aliphatic carbocycles. The van der Waals surface area contributed by atoms with Crippen LogP contribution in [0, 0.1) is 11.6 Å². The van der Waals surface area contributed by atoms with E-state index in [9.17, 15) is 9.59 Å². The lowest BCUT2D eigenvalue weighted by Gasteiger charge is -2.24. The van der Waals surface area contributed by atoms with Crippen molar-refractivity contribution in [3.63, 3.8) is 0 Å². The van der Waals surface area contributed by atoms with Gasteiger partial charge in [0, 0.05) is 50.6 Å². The number of nitrogens with zero attached hydrogens (tertiary/aromatic N) is 4. The van der Waals surface area contributed by atoms with Gasteiger partial charge in [-0.2, -0.15) is 5.06 Å². The number of benzene rings is 1. The normalized spacial score (nSPS) is 19.5. The summed E-state index contributed by atoms with van der Waals surface area (Å²) >= 11 is 0. The van der Waals surface area contributed by atoms with Gasteiger partial charge in [-0.1, -0.05) is 6.07 Å². The molecule has 0 saturated carbocycles. The molecule has 1 aromatic heterocycles. The molecule has 176 valence electrons. The first kappa shape index (κ1) is 23.1. The van der Waals surface area contributed by atoms with Gasteiger partial charge in [0.15, 0.2) is 11.6 Å². The smallest absolute Gasteiger partial charge is 0.414 e. The lowest BCUT2D eigenvalue weighted by atomic mass is 10.1. The first-order valence-electron chi connectivity index (χ1n) is 10.9. The van der Waals surface area contributed by atoms with Gasteiger partial charge >= 0.3 is 6.09 Å². The molecule has 2 aliphatic rings. The quantitative estimate of drug-likeness (QED) is 0.628.